The van der Waals surface area contributed by atoms with Gasteiger partial charge in [-0.3, -0.25) is 10.1 Å². The summed E-state index contributed by atoms with van der Waals surface area (Å²) in [6.07, 6.45) is 8.53. The molecule has 2 bridgehead atoms. The number of phenols is 1. The third-order valence-corrected chi connectivity index (χ3v) is 6.16. The van der Waals surface area contributed by atoms with Crippen molar-refractivity contribution >= 4 is 5.82 Å². The van der Waals surface area contributed by atoms with Gasteiger partial charge < -0.3 is 15.3 Å². The molecule has 29 heavy (non-hydrogen) atoms. The Morgan fingerprint density at radius 2 is 2.03 bits per heavy atom. The molecule has 150 valence electrons. The molecule has 0 aliphatic carbocycles. The number of benzene rings is 1. The van der Waals surface area contributed by atoms with Crippen LogP contribution in [0.25, 0.3) is 22.4 Å². The first-order valence-electron chi connectivity index (χ1n) is 9.87. The van der Waals surface area contributed by atoms with E-state index in [4.69, 9.17) is 0 Å². The molecule has 2 aliphatic heterocycles. The monoisotopic (exact) mass is 394 g/mol. The van der Waals surface area contributed by atoms with Crippen LogP contribution in [-0.4, -0.2) is 56.6 Å². The highest BCUT2D eigenvalue weighted by Gasteiger charge is 2.43. The molecule has 2 aromatic heterocycles. The Kier molecular flexibility index (Phi) is 4.43. The van der Waals surface area contributed by atoms with Gasteiger partial charge in [-0.25, -0.2) is 9.37 Å². The van der Waals surface area contributed by atoms with Gasteiger partial charge in [-0.1, -0.05) is 6.07 Å². The highest BCUT2D eigenvalue weighted by Crippen LogP contribution is 2.34. The zero-order valence-electron chi connectivity index (χ0n) is 16.1. The molecule has 7 nitrogen and oxygen atoms in total. The largest absolute Gasteiger partial charge is 0.507 e. The first-order chi connectivity index (χ1) is 14.1. The number of hydrogen-bond donors (Lipinski definition) is 3. The topological polar surface area (TPSA) is 90.0 Å². The van der Waals surface area contributed by atoms with Crippen LogP contribution in [0.15, 0.2) is 43.0 Å². The predicted octanol–water partition coefficient (Wildman–Crippen LogP) is 2.91. The smallest absolute Gasteiger partial charge is 0.147 e. The molecule has 1 aromatic carbocycles. The summed E-state index contributed by atoms with van der Waals surface area (Å²) in [5.74, 6) is 0.759. The van der Waals surface area contributed by atoms with Gasteiger partial charge in [0.2, 0.25) is 0 Å². The number of phenolic OH excluding ortho intramolecular Hbond substituents is 1. The van der Waals surface area contributed by atoms with Crippen molar-refractivity contribution in [2.24, 2.45) is 0 Å². The lowest BCUT2D eigenvalue weighted by Gasteiger charge is -2.38. The van der Waals surface area contributed by atoms with Gasteiger partial charge in [-0.2, -0.15) is 5.10 Å². The van der Waals surface area contributed by atoms with Crippen LogP contribution in [0.2, 0.25) is 0 Å². The van der Waals surface area contributed by atoms with Crippen molar-refractivity contribution in [2.75, 3.05) is 11.9 Å². The second-order valence-corrected chi connectivity index (χ2v) is 7.88. The summed E-state index contributed by atoms with van der Waals surface area (Å²) < 4.78 is 14.8. The molecule has 2 saturated heterocycles. The lowest BCUT2D eigenvalue weighted by Crippen LogP contribution is -2.55. The molecular formula is C21H23FN6O. The zero-order valence-corrected chi connectivity index (χ0v) is 16.1. The van der Waals surface area contributed by atoms with Gasteiger partial charge in [-0.05, 0) is 37.0 Å². The number of piperidine rings is 1. The Morgan fingerprint density at radius 1 is 1.14 bits per heavy atom. The Morgan fingerprint density at radius 3 is 2.76 bits per heavy atom. The van der Waals surface area contributed by atoms with Gasteiger partial charge in [0.25, 0.3) is 0 Å². The summed E-state index contributed by atoms with van der Waals surface area (Å²) >= 11 is 0. The number of nitrogens with zero attached hydrogens (tertiary/aromatic N) is 4. The molecule has 3 aromatic rings. The Hall–Kier alpha value is -3.00. The molecule has 2 unspecified atom stereocenters. The highest BCUT2D eigenvalue weighted by molar-refractivity contribution is 5.73. The number of halogens is 1. The standard InChI is InChI=1S/C21H23FN6O/c1-28(18-7-14-3-5-16(27-14)21(18)22)20-11-23-17(10-24-20)15-4-2-12(6-19(15)29)13-8-25-26-9-13/h2,4,6,8-11,14,16,18,21,27,29H,3,5,7H2,1H3,(H,25,26)/t14?,16?,18-,21+/m0/s1. The van der Waals surface area contributed by atoms with E-state index in [2.05, 4.69) is 25.5 Å². The van der Waals surface area contributed by atoms with Crippen LogP contribution in [-0.2, 0) is 0 Å². The number of alkyl halides is 1. The van der Waals surface area contributed by atoms with Gasteiger partial charge in [0.1, 0.15) is 17.7 Å². The molecule has 3 N–H and O–H groups in total. The molecule has 0 saturated carbocycles. The van der Waals surface area contributed by atoms with E-state index in [9.17, 15) is 9.50 Å². The van der Waals surface area contributed by atoms with Crippen molar-refractivity contribution in [1.29, 1.82) is 0 Å². The minimum absolute atomic E-state index is 0.0564. The lowest BCUT2D eigenvalue weighted by atomic mass is 9.96. The third-order valence-electron chi connectivity index (χ3n) is 6.16. The SMILES string of the molecule is CN(c1cnc(-c2ccc(-c3cn[nH]c3)cc2O)cn1)[C@H]1CC2CCC(N2)[C@H]1F. The van der Waals surface area contributed by atoms with Crippen LogP contribution in [0.5, 0.6) is 5.75 Å². The maximum atomic E-state index is 14.8. The average molecular weight is 394 g/mol. The van der Waals surface area contributed by atoms with Crippen LogP contribution in [0.4, 0.5) is 10.2 Å². The Balaban J connectivity index is 1.36. The third kappa shape index (κ3) is 3.23. The lowest BCUT2D eigenvalue weighted by molar-refractivity contribution is 0.176. The van der Waals surface area contributed by atoms with E-state index in [-0.39, 0.29) is 17.8 Å². The van der Waals surface area contributed by atoms with Crippen molar-refractivity contribution in [3.8, 4) is 28.1 Å². The van der Waals surface area contributed by atoms with E-state index in [0.717, 1.165) is 30.4 Å². The van der Waals surface area contributed by atoms with Gasteiger partial charge in [-0.15, -0.1) is 0 Å². The van der Waals surface area contributed by atoms with Crippen LogP contribution < -0.4 is 10.2 Å². The number of fused-ring (bicyclic) bond motifs is 2. The minimum Gasteiger partial charge on any atom is -0.507 e. The van der Waals surface area contributed by atoms with E-state index < -0.39 is 6.17 Å². The number of nitrogens with one attached hydrogen (secondary N) is 2. The fourth-order valence-corrected chi connectivity index (χ4v) is 4.50. The molecule has 0 radical (unpaired) electrons. The molecule has 2 fully saturated rings. The zero-order chi connectivity index (χ0) is 20.0. The van der Waals surface area contributed by atoms with E-state index >= 15 is 0 Å². The summed E-state index contributed by atoms with van der Waals surface area (Å²) in [6, 6.07) is 5.53. The predicted molar refractivity (Wildman–Crippen MR) is 108 cm³/mol. The maximum absolute atomic E-state index is 14.8. The molecular weight excluding hydrogens is 371 g/mol. The molecule has 8 heteroatoms. The second kappa shape index (κ2) is 7.11. The summed E-state index contributed by atoms with van der Waals surface area (Å²) in [5.41, 5.74) is 2.92. The van der Waals surface area contributed by atoms with Gasteiger partial charge in [0.15, 0.2) is 0 Å². The molecule has 5 rings (SSSR count). The normalized spacial score (nSPS) is 25.9. The second-order valence-electron chi connectivity index (χ2n) is 7.88. The number of aromatic hydroxyl groups is 1. The number of anilines is 1. The van der Waals surface area contributed by atoms with E-state index in [1.54, 1.807) is 30.9 Å². The summed E-state index contributed by atoms with van der Waals surface area (Å²) in [4.78, 5) is 10.9. The molecule has 0 spiro atoms. The van der Waals surface area contributed by atoms with Crippen LogP contribution in [0.3, 0.4) is 0 Å². The highest BCUT2D eigenvalue weighted by atomic mass is 19.1. The molecule has 4 heterocycles. The molecule has 2 aliphatic rings. The van der Waals surface area contributed by atoms with Crippen LogP contribution in [0, 0.1) is 0 Å². The Labute approximate surface area is 168 Å². The van der Waals surface area contributed by atoms with E-state index in [1.807, 2.05) is 24.1 Å². The first-order valence-corrected chi connectivity index (χ1v) is 9.87. The number of aromatic nitrogens is 4. The number of H-pyrrole nitrogens is 1. The Bertz CT molecular complexity index is 993. The number of hydrogen-bond acceptors (Lipinski definition) is 6. The van der Waals surface area contributed by atoms with Crippen molar-refractivity contribution in [3.05, 3.63) is 43.0 Å². The van der Waals surface area contributed by atoms with Crippen molar-refractivity contribution < 1.29 is 9.50 Å². The number of rotatable bonds is 4. The van der Waals surface area contributed by atoms with Gasteiger partial charge >= 0.3 is 0 Å². The fraction of sp³-hybridized carbons (Fsp3) is 0.381. The van der Waals surface area contributed by atoms with Gasteiger partial charge in [0, 0.05) is 36.5 Å². The maximum Gasteiger partial charge on any atom is 0.147 e. The first kappa shape index (κ1) is 18.1. The summed E-state index contributed by atoms with van der Waals surface area (Å²) in [5, 5.41) is 20.5. The van der Waals surface area contributed by atoms with E-state index in [0.29, 0.717) is 23.1 Å². The van der Waals surface area contributed by atoms with Crippen molar-refractivity contribution in [3.63, 3.8) is 0 Å². The van der Waals surface area contributed by atoms with E-state index in [1.165, 1.54) is 0 Å². The van der Waals surface area contributed by atoms with Gasteiger partial charge in [0.05, 0.1) is 30.3 Å². The van der Waals surface area contributed by atoms with Crippen molar-refractivity contribution in [1.82, 2.24) is 25.5 Å². The quantitative estimate of drug-likeness (QED) is 0.630. The molecule has 4 atom stereocenters. The number of aromatic amines is 1. The fourth-order valence-electron chi connectivity index (χ4n) is 4.50. The summed E-state index contributed by atoms with van der Waals surface area (Å²) in [6.45, 7) is 0. The minimum atomic E-state index is -0.917. The van der Waals surface area contributed by atoms with Crippen LogP contribution >= 0.6 is 0 Å². The molecule has 0 amide bonds. The van der Waals surface area contributed by atoms with Crippen LogP contribution in [0.1, 0.15) is 19.3 Å². The van der Waals surface area contributed by atoms with Crippen molar-refractivity contribution in [2.45, 2.75) is 43.6 Å². The average Bonchev–Trinajstić information content (AvgIpc) is 3.41. The summed E-state index contributed by atoms with van der Waals surface area (Å²) in [7, 11) is 1.88.